The molecule has 0 aliphatic heterocycles. The Bertz CT molecular complexity index is 558. The normalized spacial score (nSPS) is 12.8. The van der Waals surface area contributed by atoms with Crippen LogP contribution in [0.25, 0.3) is 0 Å². The van der Waals surface area contributed by atoms with Gasteiger partial charge in [0.15, 0.2) is 0 Å². The topological polar surface area (TPSA) is 101 Å². The molecule has 0 bridgehead atoms. The molecule has 0 saturated heterocycles. The summed E-state index contributed by atoms with van der Waals surface area (Å²) in [7, 11) is -3.73. The number of carbonyl (C=O) groups is 1. The van der Waals surface area contributed by atoms with E-state index in [-0.39, 0.29) is 17.0 Å². The van der Waals surface area contributed by atoms with Gasteiger partial charge in [-0.2, -0.15) is 0 Å². The van der Waals surface area contributed by atoms with Gasteiger partial charge in [0.25, 0.3) is 0 Å². The average Bonchev–Trinajstić information content (AvgIpc) is 2.38. The van der Waals surface area contributed by atoms with E-state index in [1.54, 1.807) is 19.1 Å². The molecule has 1 aromatic carbocycles. The Morgan fingerprint density at radius 2 is 2.10 bits per heavy atom. The van der Waals surface area contributed by atoms with Crippen molar-refractivity contribution >= 4 is 16.1 Å². The summed E-state index contributed by atoms with van der Waals surface area (Å²) < 4.78 is 22.6. The molecule has 1 atom stereocenters. The minimum atomic E-state index is -3.73. The fourth-order valence-electron chi connectivity index (χ4n) is 1.67. The number of unbranched alkanes of at least 4 members (excludes halogenated alkanes) is 1. The first-order valence-corrected chi connectivity index (χ1v) is 8.06. The molecule has 4 N–H and O–H groups in total. The minimum Gasteiger partial charge on any atom is -0.338 e. The lowest BCUT2D eigenvalue weighted by molar-refractivity contribution is 0.238. The van der Waals surface area contributed by atoms with Crippen molar-refractivity contribution in [2.75, 3.05) is 6.54 Å². The highest BCUT2D eigenvalue weighted by atomic mass is 32.2. The maximum Gasteiger partial charge on any atom is 0.315 e. The second-order valence-corrected chi connectivity index (χ2v) is 6.15. The maximum atomic E-state index is 11.6. The zero-order chi connectivity index (χ0) is 15.2. The SMILES string of the molecule is CCCCNC(=O)NC(C)c1cccc(S(N)(=O)=O)c1. The Hall–Kier alpha value is -1.60. The summed E-state index contributed by atoms with van der Waals surface area (Å²) in [5, 5.41) is 10.6. The molecule has 2 amide bonds. The summed E-state index contributed by atoms with van der Waals surface area (Å²) in [6.07, 6.45) is 1.93. The van der Waals surface area contributed by atoms with Crippen molar-refractivity contribution in [3.63, 3.8) is 0 Å². The molecule has 112 valence electrons. The van der Waals surface area contributed by atoms with E-state index in [0.717, 1.165) is 12.8 Å². The van der Waals surface area contributed by atoms with E-state index < -0.39 is 10.0 Å². The van der Waals surface area contributed by atoms with Crippen LogP contribution in [0.15, 0.2) is 29.2 Å². The van der Waals surface area contributed by atoms with Crippen molar-refractivity contribution in [3.05, 3.63) is 29.8 Å². The maximum absolute atomic E-state index is 11.6. The molecule has 0 aromatic heterocycles. The van der Waals surface area contributed by atoms with E-state index in [4.69, 9.17) is 5.14 Å². The zero-order valence-corrected chi connectivity index (χ0v) is 12.5. The zero-order valence-electron chi connectivity index (χ0n) is 11.7. The number of hydrogen-bond acceptors (Lipinski definition) is 3. The lowest BCUT2D eigenvalue weighted by atomic mass is 10.1. The van der Waals surface area contributed by atoms with Gasteiger partial charge < -0.3 is 10.6 Å². The van der Waals surface area contributed by atoms with Crippen LogP contribution in [0.1, 0.15) is 38.3 Å². The molecule has 0 radical (unpaired) electrons. The molecule has 0 fully saturated rings. The molecule has 0 heterocycles. The lowest BCUT2D eigenvalue weighted by Crippen LogP contribution is -2.37. The van der Waals surface area contributed by atoms with Crippen LogP contribution in [0.5, 0.6) is 0 Å². The van der Waals surface area contributed by atoms with E-state index in [0.29, 0.717) is 12.1 Å². The molecule has 1 rings (SSSR count). The van der Waals surface area contributed by atoms with Crippen LogP contribution in [-0.4, -0.2) is 21.0 Å². The van der Waals surface area contributed by atoms with Crippen LogP contribution in [0, 0.1) is 0 Å². The summed E-state index contributed by atoms with van der Waals surface area (Å²) in [6, 6.07) is 5.65. The second-order valence-electron chi connectivity index (χ2n) is 4.59. The van der Waals surface area contributed by atoms with Gasteiger partial charge in [0.2, 0.25) is 10.0 Å². The number of rotatable bonds is 6. The number of amides is 2. The third kappa shape index (κ3) is 5.18. The molecule has 6 nitrogen and oxygen atoms in total. The molecule has 7 heteroatoms. The number of primary sulfonamides is 1. The van der Waals surface area contributed by atoms with Gasteiger partial charge in [0, 0.05) is 6.54 Å². The number of carbonyl (C=O) groups excluding carboxylic acids is 1. The van der Waals surface area contributed by atoms with Crippen LogP contribution in [-0.2, 0) is 10.0 Å². The first-order chi connectivity index (χ1) is 9.34. The van der Waals surface area contributed by atoms with Crippen LogP contribution in [0.4, 0.5) is 4.79 Å². The van der Waals surface area contributed by atoms with Crippen LogP contribution in [0.3, 0.4) is 0 Å². The van der Waals surface area contributed by atoms with Gasteiger partial charge in [-0.05, 0) is 31.0 Å². The average molecular weight is 299 g/mol. The summed E-state index contributed by atoms with van der Waals surface area (Å²) in [5.41, 5.74) is 0.683. The predicted molar refractivity (Wildman–Crippen MR) is 77.7 cm³/mol. The van der Waals surface area contributed by atoms with Gasteiger partial charge in [-0.25, -0.2) is 18.4 Å². The molecule has 0 aliphatic carbocycles. The number of nitrogens with one attached hydrogen (secondary N) is 2. The van der Waals surface area contributed by atoms with Gasteiger partial charge in [0.1, 0.15) is 0 Å². The van der Waals surface area contributed by atoms with E-state index >= 15 is 0 Å². The molecule has 0 aliphatic rings. The molecule has 1 unspecified atom stereocenters. The number of hydrogen-bond donors (Lipinski definition) is 3. The fraction of sp³-hybridized carbons (Fsp3) is 0.462. The van der Waals surface area contributed by atoms with Gasteiger partial charge in [-0.1, -0.05) is 25.5 Å². The summed E-state index contributed by atoms with van der Waals surface area (Å²) in [4.78, 5) is 11.7. The first kappa shape index (κ1) is 16.5. The highest BCUT2D eigenvalue weighted by Crippen LogP contribution is 2.16. The van der Waals surface area contributed by atoms with Gasteiger partial charge >= 0.3 is 6.03 Å². The van der Waals surface area contributed by atoms with Gasteiger partial charge in [-0.3, -0.25) is 0 Å². The summed E-state index contributed by atoms with van der Waals surface area (Å²) >= 11 is 0. The number of sulfonamides is 1. The highest BCUT2D eigenvalue weighted by molar-refractivity contribution is 7.89. The van der Waals surface area contributed by atoms with Crippen LogP contribution < -0.4 is 15.8 Å². The Balaban J connectivity index is 2.68. The third-order valence-corrected chi connectivity index (χ3v) is 3.76. The quantitative estimate of drug-likeness (QED) is 0.694. The Morgan fingerprint density at radius 1 is 1.40 bits per heavy atom. The van der Waals surface area contributed by atoms with Crippen molar-refractivity contribution in [3.8, 4) is 0 Å². The first-order valence-electron chi connectivity index (χ1n) is 6.51. The van der Waals surface area contributed by atoms with Gasteiger partial charge in [-0.15, -0.1) is 0 Å². The van der Waals surface area contributed by atoms with E-state index in [2.05, 4.69) is 10.6 Å². The molecular weight excluding hydrogens is 278 g/mol. The van der Waals surface area contributed by atoms with Crippen LogP contribution in [0.2, 0.25) is 0 Å². The van der Waals surface area contributed by atoms with E-state index in [9.17, 15) is 13.2 Å². The molecular formula is C13H21N3O3S. The lowest BCUT2D eigenvalue weighted by Gasteiger charge is -2.15. The van der Waals surface area contributed by atoms with Crippen molar-refractivity contribution in [2.45, 2.75) is 37.6 Å². The minimum absolute atomic E-state index is 0.0371. The second kappa shape index (κ2) is 7.25. The number of nitrogens with two attached hydrogens (primary N) is 1. The molecule has 0 spiro atoms. The fourth-order valence-corrected chi connectivity index (χ4v) is 2.24. The highest BCUT2D eigenvalue weighted by Gasteiger charge is 2.13. The standard InChI is InChI=1S/C13H21N3O3S/c1-3-4-8-15-13(17)16-10(2)11-6-5-7-12(9-11)20(14,18)19/h5-7,9-10H,3-4,8H2,1-2H3,(H2,14,18,19)(H2,15,16,17). The largest absolute Gasteiger partial charge is 0.338 e. The van der Waals surface area contributed by atoms with E-state index in [1.807, 2.05) is 6.92 Å². The molecule has 0 saturated carbocycles. The monoisotopic (exact) mass is 299 g/mol. The van der Waals surface area contributed by atoms with Gasteiger partial charge in [0.05, 0.1) is 10.9 Å². The Morgan fingerprint density at radius 3 is 2.70 bits per heavy atom. The van der Waals surface area contributed by atoms with Crippen molar-refractivity contribution < 1.29 is 13.2 Å². The number of urea groups is 1. The third-order valence-electron chi connectivity index (χ3n) is 2.85. The molecule has 20 heavy (non-hydrogen) atoms. The molecule has 1 aromatic rings. The summed E-state index contributed by atoms with van der Waals surface area (Å²) in [6.45, 7) is 4.44. The predicted octanol–water partition coefficient (Wildman–Crippen LogP) is 1.49. The Kier molecular flexibility index (Phi) is 5.97. The van der Waals surface area contributed by atoms with Crippen molar-refractivity contribution in [1.82, 2.24) is 10.6 Å². The Labute approximate surface area is 119 Å². The van der Waals surface area contributed by atoms with Crippen molar-refractivity contribution in [1.29, 1.82) is 0 Å². The van der Waals surface area contributed by atoms with E-state index in [1.165, 1.54) is 12.1 Å². The smallest absolute Gasteiger partial charge is 0.315 e. The number of benzene rings is 1. The summed E-state index contributed by atoms with van der Waals surface area (Å²) in [5.74, 6) is 0. The van der Waals surface area contributed by atoms with Crippen molar-refractivity contribution in [2.24, 2.45) is 5.14 Å². The van der Waals surface area contributed by atoms with Crippen LogP contribution >= 0.6 is 0 Å².